The summed E-state index contributed by atoms with van der Waals surface area (Å²) in [6.45, 7) is 7.65. The van der Waals surface area contributed by atoms with E-state index in [0.717, 1.165) is 6.73 Å². The molecule has 0 aromatic heterocycles. The quantitative estimate of drug-likeness (QED) is 0.712. The molecule has 1 unspecified atom stereocenters. The van der Waals surface area contributed by atoms with Gasteiger partial charge in [0.15, 0.2) is 6.73 Å². The van der Waals surface area contributed by atoms with E-state index < -0.39 is 0 Å². The van der Waals surface area contributed by atoms with E-state index >= 15 is 0 Å². The topological polar surface area (TPSA) is 12.5 Å². The molecule has 1 atom stereocenters. The van der Waals surface area contributed by atoms with Crippen molar-refractivity contribution in [3.05, 3.63) is 0 Å². The molecule has 0 amide bonds. The largest absolute Gasteiger partial charge is 0.322 e. The van der Waals surface area contributed by atoms with Crippen LogP contribution in [0.15, 0.2) is 0 Å². The molecule has 17 heavy (non-hydrogen) atoms. The lowest BCUT2D eigenvalue weighted by atomic mass is 10.3. The summed E-state index contributed by atoms with van der Waals surface area (Å²) >= 11 is 2.08. The fraction of sp³-hybridized carbons (Fsp3) is 1.00. The van der Waals surface area contributed by atoms with E-state index in [4.69, 9.17) is 4.74 Å². The van der Waals surface area contributed by atoms with Crippen molar-refractivity contribution in [2.45, 2.75) is 31.8 Å². The molecular formula is C13H25N2OS+. The third kappa shape index (κ3) is 2.98. The summed E-state index contributed by atoms with van der Waals surface area (Å²) < 4.78 is 7.26. The maximum absolute atomic E-state index is 5.99. The molecule has 0 bridgehead atoms. The van der Waals surface area contributed by atoms with Crippen LogP contribution >= 0.6 is 11.8 Å². The third-order valence-electron chi connectivity index (χ3n) is 4.47. The Bertz CT molecular complexity index is 250. The lowest BCUT2D eigenvalue weighted by Crippen LogP contribution is -2.43. The zero-order valence-electron chi connectivity index (χ0n) is 10.8. The van der Waals surface area contributed by atoms with E-state index in [9.17, 15) is 0 Å². The minimum atomic E-state index is 0.528. The van der Waals surface area contributed by atoms with Gasteiger partial charge in [0.2, 0.25) is 0 Å². The van der Waals surface area contributed by atoms with E-state index in [1.165, 1.54) is 74.5 Å². The second-order valence-electron chi connectivity index (χ2n) is 5.92. The standard InChI is InChI=1S/C13H25N2OS/c1-2-6-14(5-1)11-17-10-13-9-15(12-16-13)7-3-4-8-15/h13H,1-12H2/q+1. The summed E-state index contributed by atoms with van der Waals surface area (Å²) in [5, 5.41) is 0. The van der Waals surface area contributed by atoms with Crippen LogP contribution in [0.2, 0.25) is 0 Å². The van der Waals surface area contributed by atoms with Gasteiger partial charge in [0.25, 0.3) is 0 Å². The van der Waals surface area contributed by atoms with Crippen LogP contribution in [0.25, 0.3) is 0 Å². The molecule has 0 saturated carbocycles. The van der Waals surface area contributed by atoms with Gasteiger partial charge in [-0.05, 0) is 25.9 Å². The van der Waals surface area contributed by atoms with E-state index in [1.54, 1.807) is 0 Å². The highest BCUT2D eigenvalue weighted by Crippen LogP contribution is 2.27. The minimum absolute atomic E-state index is 0.528. The van der Waals surface area contributed by atoms with Crippen LogP contribution in [0.3, 0.4) is 0 Å². The number of thioether (sulfide) groups is 1. The average Bonchev–Trinajstić information content (AvgIpc) is 3.04. The number of likely N-dealkylation sites (tertiary alicyclic amines) is 1. The first kappa shape index (κ1) is 12.3. The molecule has 0 aliphatic carbocycles. The van der Waals surface area contributed by atoms with Gasteiger partial charge in [-0.15, -0.1) is 11.8 Å². The van der Waals surface area contributed by atoms with E-state index in [-0.39, 0.29) is 0 Å². The van der Waals surface area contributed by atoms with Gasteiger partial charge in [0.05, 0.1) is 13.1 Å². The van der Waals surface area contributed by atoms with E-state index in [2.05, 4.69) is 16.7 Å². The highest BCUT2D eigenvalue weighted by Gasteiger charge is 2.41. The van der Waals surface area contributed by atoms with Crippen molar-refractivity contribution in [3.8, 4) is 0 Å². The molecule has 4 heteroatoms. The number of quaternary nitrogens is 1. The summed E-state index contributed by atoms with van der Waals surface area (Å²) in [5.41, 5.74) is 0. The zero-order valence-corrected chi connectivity index (χ0v) is 11.6. The molecule has 98 valence electrons. The Balaban J connectivity index is 1.36. The van der Waals surface area contributed by atoms with Crippen molar-refractivity contribution in [1.29, 1.82) is 0 Å². The molecule has 3 heterocycles. The van der Waals surface area contributed by atoms with Gasteiger partial charge in [-0.1, -0.05) is 0 Å². The first-order valence-corrected chi connectivity index (χ1v) is 8.29. The van der Waals surface area contributed by atoms with Crippen molar-refractivity contribution in [2.75, 3.05) is 51.1 Å². The smallest absolute Gasteiger partial charge is 0.183 e. The first-order valence-electron chi connectivity index (χ1n) is 7.13. The SMILES string of the molecule is C1CCN(CSCC2C[N+]3(CCCC3)CO2)C1. The van der Waals surface area contributed by atoms with Gasteiger partial charge in [-0.2, -0.15) is 0 Å². The third-order valence-corrected chi connectivity index (χ3v) is 5.62. The Kier molecular flexibility index (Phi) is 3.95. The number of hydrogen-bond donors (Lipinski definition) is 0. The van der Waals surface area contributed by atoms with Crippen LogP contribution in [-0.4, -0.2) is 66.6 Å². The molecule has 1 spiro atoms. The first-order chi connectivity index (χ1) is 8.36. The maximum Gasteiger partial charge on any atom is 0.183 e. The van der Waals surface area contributed by atoms with Gasteiger partial charge >= 0.3 is 0 Å². The van der Waals surface area contributed by atoms with Crippen molar-refractivity contribution >= 4 is 11.8 Å². The van der Waals surface area contributed by atoms with E-state index in [1.807, 2.05) is 0 Å². The zero-order chi connectivity index (χ0) is 11.6. The summed E-state index contributed by atoms with van der Waals surface area (Å²) in [7, 11) is 0. The molecule has 3 aliphatic heterocycles. The van der Waals surface area contributed by atoms with Crippen molar-refractivity contribution in [1.82, 2.24) is 4.90 Å². The second-order valence-corrected chi connectivity index (χ2v) is 6.92. The molecule has 3 nitrogen and oxygen atoms in total. The van der Waals surface area contributed by atoms with Gasteiger partial charge in [-0.25, -0.2) is 0 Å². The molecule has 0 radical (unpaired) electrons. The fourth-order valence-corrected chi connectivity index (χ4v) is 4.53. The Hall–Kier alpha value is 0.230. The van der Waals surface area contributed by atoms with Crippen molar-refractivity contribution < 1.29 is 9.22 Å². The highest BCUT2D eigenvalue weighted by molar-refractivity contribution is 7.99. The molecule has 3 aliphatic rings. The van der Waals surface area contributed by atoms with Crippen LogP contribution in [0, 0.1) is 0 Å². The van der Waals surface area contributed by atoms with Crippen LogP contribution in [0.4, 0.5) is 0 Å². The molecule has 3 saturated heterocycles. The van der Waals surface area contributed by atoms with Crippen LogP contribution in [0.1, 0.15) is 25.7 Å². The van der Waals surface area contributed by atoms with Gasteiger partial charge in [0, 0.05) is 24.5 Å². The summed E-state index contributed by atoms with van der Waals surface area (Å²) in [4.78, 5) is 2.58. The Morgan fingerprint density at radius 1 is 1.12 bits per heavy atom. The molecule has 3 fully saturated rings. The van der Waals surface area contributed by atoms with Crippen LogP contribution in [-0.2, 0) is 4.74 Å². The van der Waals surface area contributed by atoms with Gasteiger partial charge < -0.3 is 4.74 Å². The Morgan fingerprint density at radius 3 is 2.65 bits per heavy atom. The molecular weight excluding hydrogens is 232 g/mol. The number of ether oxygens (including phenoxy) is 1. The summed E-state index contributed by atoms with van der Waals surface area (Å²) in [6, 6.07) is 0. The molecule has 3 rings (SSSR count). The second kappa shape index (κ2) is 5.47. The summed E-state index contributed by atoms with van der Waals surface area (Å²) in [6.07, 6.45) is 6.16. The van der Waals surface area contributed by atoms with Crippen LogP contribution < -0.4 is 0 Å². The average molecular weight is 257 g/mol. The predicted molar refractivity (Wildman–Crippen MR) is 72.0 cm³/mol. The lowest BCUT2D eigenvalue weighted by molar-refractivity contribution is -0.914. The van der Waals surface area contributed by atoms with Gasteiger partial charge in [0.1, 0.15) is 12.6 Å². The number of rotatable bonds is 4. The molecule has 0 aromatic rings. The van der Waals surface area contributed by atoms with Gasteiger partial charge in [-0.3, -0.25) is 9.38 Å². The lowest BCUT2D eigenvalue weighted by Gasteiger charge is -2.26. The monoisotopic (exact) mass is 257 g/mol. The maximum atomic E-state index is 5.99. The Labute approximate surface area is 109 Å². The Morgan fingerprint density at radius 2 is 1.88 bits per heavy atom. The summed E-state index contributed by atoms with van der Waals surface area (Å²) in [5.74, 6) is 2.43. The fourth-order valence-electron chi connectivity index (χ4n) is 3.44. The van der Waals surface area contributed by atoms with E-state index in [0.29, 0.717) is 6.10 Å². The van der Waals surface area contributed by atoms with Crippen molar-refractivity contribution in [3.63, 3.8) is 0 Å². The highest BCUT2D eigenvalue weighted by atomic mass is 32.2. The normalized spacial score (nSPS) is 32.8. The van der Waals surface area contributed by atoms with Crippen molar-refractivity contribution in [2.24, 2.45) is 0 Å². The molecule has 0 aromatic carbocycles. The minimum Gasteiger partial charge on any atom is -0.322 e. The predicted octanol–water partition coefficient (Wildman–Crippen LogP) is 1.74. The molecule has 0 N–H and O–H groups in total. The number of nitrogens with zero attached hydrogens (tertiary/aromatic N) is 2. The van der Waals surface area contributed by atoms with Crippen LogP contribution in [0.5, 0.6) is 0 Å². The number of hydrogen-bond acceptors (Lipinski definition) is 3.